The van der Waals surface area contributed by atoms with Crippen LogP contribution in [0.4, 0.5) is 0 Å². The van der Waals surface area contributed by atoms with E-state index in [1.807, 2.05) is 6.92 Å². The van der Waals surface area contributed by atoms with Crippen molar-refractivity contribution in [1.82, 2.24) is 0 Å². The van der Waals surface area contributed by atoms with Crippen LogP contribution in [-0.4, -0.2) is 0 Å². The lowest BCUT2D eigenvalue weighted by molar-refractivity contribution is 1.74. The summed E-state index contributed by atoms with van der Waals surface area (Å²) in [6.07, 6.45) is 0. The molecular weight excluding hydrogens is 151 g/mol. The SMILES string of the molecule is C/C(Br)=C\Cl. The van der Waals surface area contributed by atoms with Crippen molar-refractivity contribution >= 4 is 27.5 Å². The highest BCUT2D eigenvalue weighted by Crippen LogP contribution is 2.01. The molecule has 5 heavy (non-hydrogen) atoms. The molecule has 0 fully saturated rings. The molecule has 0 saturated heterocycles. The first-order valence-electron chi connectivity index (χ1n) is 1.20. The van der Waals surface area contributed by atoms with Gasteiger partial charge in [0, 0.05) is 10.0 Å². The zero-order valence-electron chi connectivity index (χ0n) is 2.83. The van der Waals surface area contributed by atoms with E-state index in [-0.39, 0.29) is 0 Å². The van der Waals surface area contributed by atoms with Gasteiger partial charge in [0.05, 0.1) is 0 Å². The van der Waals surface area contributed by atoms with Gasteiger partial charge in [-0.1, -0.05) is 27.5 Å². The molecular formula is C3H4BrCl. The van der Waals surface area contributed by atoms with Crippen LogP contribution in [-0.2, 0) is 0 Å². The van der Waals surface area contributed by atoms with Gasteiger partial charge in [0.25, 0.3) is 0 Å². The highest BCUT2D eigenvalue weighted by Gasteiger charge is 1.65. The second kappa shape index (κ2) is 2.73. The lowest BCUT2D eigenvalue weighted by Crippen LogP contribution is -1.40. The lowest BCUT2D eigenvalue weighted by Gasteiger charge is -1.68. The van der Waals surface area contributed by atoms with Gasteiger partial charge in [-0.3, -0.25) is 0 Å². The predicted molar refractivity (Wildman–Crippen MR) is 28.5 cm³/mol. The molecule has 0 unspecified atom stereocenters. The Labute approximate surface area is 45.0 Å². The van der Waals surface area contributed by atoms with Crippen LogP contribution in [0, 0.1) is 0 Å². The standard InChI is InChI=1S/C3H4BrCl/c1-3(4)2-5/h2H,1H3/b3-2+. The molecule has 0 aromatic rings. The Morgan fingerprint density at radius 3 is 2.20 bits per heavy atom. The van der Waals surface area contributed by atoms with Gasteiger partial charge < -0.3 is 0 Å². The summed E-state index contributed by atoms with van der Waals surface area (Å²) >= 11 is 8.23. The van der Waals surface area contributed by atoms with E-state index in [0.29, 0.717) is 0 Å². The number of halogens is 2. The molecule has 0 aliphatic carbocycles. The van der Waals surface area contributed by atoms with Crippen molar-refractivity contribution in [3.05, 3.63) is 10.0 Å². The Bertz CT molecular complexity index is 44.9. The Hall–Kier alpha value is 0.510. The topological polar surface area (TPSA) is 0 Å². The van der Waals surface area contributed by atoms with Crippen LogP contribution < -0.4 is 0 Å². The van der Waals surface area contributed by atoms with Crippen LogP contribution in [0.25, 0.3) is 0 Å². The minimum Gasteiger partial charge on any atom is -0.0921 e. The third kappa shape index (κ3) is 4.51. The quantitative estimate of drug-likeness (QED) is 0.504. The minimum atomic E-state index is 0.958. The summed E-state index contributed by atoms with van der Waals surface area (Å²) in [6.45, 7) is 1.87. The van der Waals surface area contributed by atoms with Gasteiger partial charge in [0.15, 0.2) is 0 Å². The molecule has 2 heteroatoms. The van der Waals surface area contributed by atoms with Crippen LogP contribution >= 0.6 is 27.5 Å². The normalized spacial score (nSPS) is 12.2. The van der Waals surface area contributed by atoms with Crippen molar-refractivity contribution in [2.24, 2.45) is 0 Å². The number of hydrogen-bond donors (Lipinski definition) is 0. The molecule has 0 heterocycles. The van der Waals surface area contributed by atoms with E-state index in [9.17, 15) is 0 Å². The molecule has 0 aliphatic heterocycles. The van der Waals surface area contributed by atoms with Gasteiger partial charge in [-0.25, -0.2) is 0 Å². The molecule has 0 aliphatic rings. The first-order chi connectivity index (χ1) is 2.27. The Kier molecular flexibility index (Phi) is 3.01. The van der Waals surface area contributed by atoms with Gasteiger partial charge in [0.1, 0.15) is 0 Å². The number of rotatable bonds is 0. The van der Waals surface area contributed by atoms with Crippen LogP contribution in [0.2, 0.25) is 0 Å². The van der Waals surface area contributed by atoms with E-state index in [2.05, 4.69) is 15.9 Å². The van der Waals surface area contributed by atoms with Gasteiger partial charge in [-0.2, -0.15) is 0 Å². The van der Waals surface area contributed by atoms with Crippen molar-refractivity contribution in [2.45, 2.75) is 6.92 Å². The van der Waals surface area contributed by atoms with Gasteiger partial charge in [-0.15, -0.1) is 0 Å². The van der Waals surface area contributed by atoms with Crippen LogP contribution in [0.15, 0.2) is 10.0 Å². The molecule has 0 spiro atoms. The summed E-state index contributed by atoms with van der Waals surface area (Å²) in [6, 6.07) is 0. The molecule has 0 bridgehead atoms. The minimum absolute atomic E-state index is 0.958. The molecule has 0 atom stereocenters. The molecule has 0 aromatic heterocycles. The van der Waals surface area contributed by atoms with E-state index in [4.69, 9.17) is 11.6 Å². The van der Waals surface area contributed by atoms with Crippen molar-refractivity contribution in [1.29, 1.82) is 0 Å². The second-order valence-electron chi connectivity index (χ2n) is 0.696. The maximum Gasteiger partial charge on any atom is 0.0141 e. The zero-order chi connectivity index (χ0) is 4.28. The molecule has 0 rings (SSSR count). The van der Waals surface area contributed by atoms with Gasteiger partial charge in [-0.05, 0) is 6.92 Å². The maximum atomic E-state index is 5.13. The van der Waals surface area contributed by atoms with Crippen molar-refractivity contribution < 1.29 is 0 Å². The fourth-order valence-corrected chi connectivity index (χ4v) is 0. The number of hydrogen-bond acceptors (Lipinski definition) is 0. The average Bonchev–Trinajstić information content (AvgIpc) is 1.38. The molecule has 30 valence electrons. The van der Waals surface area contributed by atoms with E-state index in [1.165, 1.54) is 5.54 Å². The third-order valence-corrected chi connectivity index (χ3v) is 0.970. The monoisotopic (exact) mass is 154 g/mol. The van der Waals surface area contributed by atoms with Crippen LogP contribution in [0.5, 0.6) is 0 Å². The Balaban J connectivity index is 3.14. The van der Waals surface area contributed by atoms with Gasteiger partial charge in [0.2, 0.25) is 0 Å². The lowest BCUT2D eigenvalue weighted by atomic mass is 10.8. The summed E-state index contributed by atoms with van der Waals surface area (Å²) in [5.74, 6) is 0. The van der Waals surface area contributed by atoms with E-state index >= 15 is 0 Å². The van der Waals surface area contributed by atoms with Crippen molar-refractivity contribution in [3.8, 4) is 0 Å². The zero-order valence-corrected chi connectivity index (χ0v) is 5.18. The van der Waals surface area contributed by atoms with E-state index in [0.717, 1.165) is 4.48 Å². The largest absolute Gasteiger partial charge is 0.0921 e. The molecule has 0 radical (unpaired) electrons. The van der Waals surface area contributed by atoms with Crippen LogP contribution in [0.1, 0.15) is 6.92 Å². The molecule has 0 nitrogen and oxygen atoms in total. The predicted octanol–water partition coefficient (Wildman–Crippen LogP) is 2.48. The molecule has 0 N–H and O–H groups in total. The highest BCUT2D eigenvalue weighted by atomic mass is 79.9. The molecule has 0 amide bonds. The fraction of sp³-hybridized carbons (Fsp3) is 0.333. The number of allylic oxidation sites excluding steroid dienone is 1. The van der Waals surface area contributed by atoms with Crippen LogP contribution in [0.3, 0.4) is 0 Å². The maximum absolute atomic E-state index is 5.13. The summed E-state index contributed by atoms with van der Waals surface area (Å²) in [7, 11) is 0. The van der Waals surface area contributed by atoms with E-state index < -0.39 is 0 Å². The van der Waals surface area contributed by atoms with Crippen molar-refractivity contribution in [3.63, 3.8) is 0 Å². The second-order valence-corrected chi connectivity index (χ2v) is 2.16. The first-order valence-corrected chi connectivity index (χ1v) is 2.43. The summed E-state index contributed by atoms with van der Waals surface area (Å²) in [5.41, 5.74) is 1.47. The summed E-state index contributed by atoms with van der Waals surface area (Å²) in [5, 5.41) is 0. The smallest absolute Gasteiger partial charge is 0.0141 e. The third-order valence-electron chi connectivity index (χ3n) is 0.150. The summed E-state index contributed by atoms with van der Waals surface area (Å²) in [4.78, 5) is 0. The van der Waals surface area contributed by atoms with Gasteiger partial charge >= 0.3 is 0 Å². The Morgan fingerprint density at radius 2 is 2.20 bits per heavy atom. The average molecular weight is 155 g/mol. The highest BCUT2D eigenvalue weighted by molar-refractivity contribution is 9.11. The van der Waals surface area contributed by atoms with Crippen molar-refractivity contribution in [2.75, 3.05) is 0 Å². The molecule has 0 saturated carbocycles. The first kappa shape index (κ1) is 5.51. The van der Waals surface area contributed by atoms with E-state index in [1.54, 1.807) is 0 Å². The molecule has 0 aromatic carbocycles. The fourth-order valence-electron chi connectivity index (χ4n) is 0. The summed E-state index contributed by atoms with van der Waals surface area (Å²) < 4.78 is 0.958. The Morgan fingerprint density at radius 1 is 2.00 bits per heavy atom.